The van der Waals surface area contributed by atoms with Crippen LogP contribution in [0.15, 0.2) is 53.6 Å². The number of non-ortho nitro benzene ring substituents is 1. The van der Waals surface area contributed by atoms with Crippen molar-refractivity contribution in [3.8, 4) is 0 Å². The van der Waals surface area contributed by atoms with Crippen LogP contribution in [-0.2, 0) is 0 Å². The van der Waals surface area contributed by atoms with E-state index in [1.54, 1.807) is 13.0 Å². The van der Waals surface area contributed by atoms with E-state index in [-0.39, 0.29) is 11.3 Å². The molecule has 0 aromatic heterocycles. The lowest BCUT2D eigenvalue weighted by molar-refractivity contribution is -0.384. The molecule has 0 heterocycles. The quantitative estimate of drug-likeness (QED) is 0.535. The second-order valence-electron chi connectivity index (χ2n) is 4.42. The summed E-state index contributed by atoms with van der Waals surface area (Å²) in [5.41, 5.74) is 3.16. The van der Waals surface area contributed by atoms with Gasteiger partial charge >= 0.3 is 0 Å². The van der Waals surface area contributed by atoms with Gasteiger partial charge in [-0.1, -0.05) is 12.1 Å². The minimum atomic E-state index is -0.667. The minimum absolute atomic E-state index is 0.0352. The van der Waals surface area contributed by atoms with E-state index >= 15 is 0 Å². The van der Waals surface area contributed by atoms with Crippen LogP contribution in [0, 0.1) is 15.9 Å². The first-order chi connectivity index (χ1) is 10.5. The van der Waals surface area contributed by atoms with Gasteiger partial charge in [-0.05, 0) is 36.8 Å². The van der Waals surface area contributed by atoms with Gasteiger partial charge in [0, 0.05) is 12.1 Å². The highest BCUT2D eigenvalue weighted by atomic mass is 19.1. The van der Waals surface area contributed by atoms with Gasteiger partial charge in [-0.2, -0.15) is 5.10 Å². The molecule has 0 aliphatic carbocycles. The summed E-state index contributed by atoms with van der Waals surface area (Å²) in [6, 6.07) is 11.3. The Balaban J connectivity index is 2.11. The zero-order valence-corrected chi connectivity index (χ0v) is 11.6. The normalized spacial score (nSPS) is 11.1. The Labute approximate surface area is 125 Å². The van der Waals surface area contributed by atoms with Crippen LogP contribution in [0.25, 0.3) is 0 Å². The van der Waals surface area contributed by atoms with E-state index in [4.69, 9.17) is 0 Å². The second-order valence-corrected chi connectivity index (χ2v) is 4.42. The SMILES string of the molecule is C/C(=N/NC(=O)c1ccccc1F)c1ccc([N+](=O)[O-])cc1. The number of carbonyl (C=O) groups excluding carboxylic acids is 1. The largest absolute Gasteiger partial charge is 0.274 e. The van der Waals surface area contributed by atoms with Gasteiger partial charge in [0.2, 0.25) is 0 Å². The van der Waals surface area contributed by atoms with Crippen LogP contribution in [0.4, 0.5) is 10.1 Å². The zero-order valence-electron chi connectivity index (χ0n) is 11.6. The number of nitro groups is 1. The minimum Gasteiger partial charge on any atom is -0.267 e. The average molecular weight is 301 g/mol. The summed E-state index contributed by atoms with van der Waals surface area (Å²) in [6.45, 7) is 1.63. The summed E-state index contributed by atoms with van der Waals surface area (Å²) >= 11 is 0. The highest BCUT2D eigenvalue weighted by Gasteiger charge is 2.10. The van der Waals surface area contributed by atoms with Crippen molar-refractivity contribution in [1.29, 1.82) is 0 Å². The number of amides is 1. The molecule has 0 unspecified atom stereocenters. The number of nitro benzene ring substituents is 1. The molecule has 0 radical (unpaired) electrons. The molecule has 1 amide bonds. The Bertz CT molecular complexity index is 742. The van der Waals surface area contributed by atoms with Gasteiger partial charge < -0.3 is 0 Å². The molecular formula is C15H12FN3O3. The molecule has 0 bridgehead atoms. The number of rotatable bonds is 4. The molecule has 2 aromatic carbocycles. The number of carbonyl (C=O) groups is 1. The zero-order chi connectivity index (χ0) is 16.1. The smallest absolute Gasteiger partial charge is 0.267 e. The standard InChI is InChI=1S/C15H12FN3O3/c1-10(11-6-8-12(9-7-11)19(21)22)17-18-15(20)13-4-2-3-5-14(13)16/h2-9H,1H3,(H,18,20)/b17-10-. The monoisotopic (exact) mass is 301 g/mol. The third-order valence-electron chi connectivity index (χ3n) is 2.94. The Hall–Kier alpha value is -3.09. The highest BCUT2D eigenvalue weighted by Crippen LogP contribution is 2.12. The van der Waals surface area contributed by atoms with Gasteiger partial charge in [-0.3, -0.25) is 14.9 Å². The van der Waals surface area contributed by atoms with Crippen molar-refractivity contribution < 1.29 is 14.1 Å². The third-order valence-corrected chi connectivity index (χ3v) is 2.94. The van der Waals surface area contributed by atoms with E-state index in [9.17, 15) is 19.3 Å². The van der Waals surface area contributed by atoms with Crippen LogP contribution >= 0.6 is 0 Å². The maximum Gasteiger partial charge on any atom is 0.274 e. The second kappa shape index (κ2) is 6.57. The van der Waals surface area contributed by atoms with Gasteiger partial charge in [0.25, 0.3) is 11.6 Å². The van der Waals surface area contributed by atoms with Crippen LogP contribution in [0.2, 0.25) is 0 Å². The van der Waals surface area contributed by atoms with E-state index in [1.165, 1.54) is 42.5 Å². The summed E-state index contributed by atoms with van der Waals surface area (Å²) in [5, 5.41) is 14.4. The molecule has 22 heavy (non-hydrogen) atoms. The number of nitrogens with zero attached hydrogens (tertiary/aromatic N) is 2. The van der Waals surface area contributed by atoms with Crippen molar-refractivity contribution >= 4 is 17.3 Å². The first kappa shape index (κ1) is 15.3. The lowest BCUT2D eigenvalue weighted by atomic mass is 10.1. The van der Waals surface area contributed by atoms with E-state index < -0.39 is 16.6 Å². The van der Waals surface area contributed by atoms with Crippen LogP contribution < -0.4 is 5.43 Å². The number of nitrogens with one attached hydrogen (secondary N) is 1. The molecule has 2 aromatic rings. The summed E-state index contributed by atoms with van der Waals surface area (Å²) < 4.78 is 13.4. The first-order valence-electron chi connectivity index (χ1n) is 6.33. The first-order valence-corrected chi connectivity index (χ1v) is 6.33. The molecule has 7 heteroatoms. The molecule has 112 valence electrons. The summed E-state index contributed by atoms with van der Waals surface area (Å²) in [7, 11) is 0. The van der Waals surface area contributed by atoms with E-state index in [1.807, 2.05) is 0 Å². The molecule has 0 saturated heterocycles. The molecule has 0 atom stereocenters. The molecule has 0 aliphatic rings. The summed E-state index contributed by atoms with van der Waals surface area (Å²) in [6.07, 6.45) is 0. The Kier molecular flexibility index (Phi) is 4.57. The predicted octanol–water partition coefficient (Wildman–Crippen LogP) is 2.89. The van der Waals surface area contributed by atoms with Gasteiger partial charge in [0.1, 0.15) is 5.82 Å². The topological polar surface area (TPSA) is 84.6 Å². The molecule has 2 rings (SSSR count). The van der Waals surface area contributed by atoms with Crippen molar-refractivity contribution in [3.05, 3.63) is 75.6 Å². The third kappa shape index (κ3) is 3.51. The van der Waals surface area contributed by atoms with Crippen molar-refractivity contribution in [2.45, 2.75) is 6.92 Å². The summed E-state index contributed by atoms with van der Waals surface area (Å²) in [5.74, 6) is -1.30. The molecule has 0 spiro atoms. The maximum atomic E-state index is 13.4. The predicted molar refractivity (Wildman–Crippen MR) is 79.2 cm³/mol. The van der Waals surface area contributed by atoms with Gasteiger partial charge in [-0.15, -0.1) is 0 Å². The molecular weight excluding hydrogens is 289 g/mol. The molecule has 6 nitrogen and oxygen atoms in total. The van der Waals surface area contributed by atoms with E-state index in [2.05, 4.69) is 10.5 Å². The van der Waals surface area contributed by atoms with E-state index in [0.717, 1.165) is 0 Å². The Morgan fingerprint density at radius 3 is 2.41 bits per heavy atom. The molecule has 0 fully saturated rings. The number of halogens is 1. The fraction of sp³-hybridized carbons (Fsp3) is 0.0667. The summed E-state index contributed by atoms with van der Waals surface area (Å²) in [4.78, 5) is 21.9. The highest BCUT2D eigenvalue weighted by molar-refractivity contribution is 6.01. The lowest BCUT2D eigenvalue weighted by Gasteiger charge is -2.03. The fourth-order valence-electron chi connectivity index (χ4n) is 1.73. The lowest BCUT2D eigenvalue weighted by Crippen LogP contribution is -2.20. The van der Waals surface area contributed by atoms with Crippen molar-refractivity contribution in [1.82, 2.24) is 5.43 Å². The molecule has 1 N–H and O–H groups in total. The fourth-order valence-corrected chi connectivity index (χ4v) is 1.73. The van der Waals surface area contributed by atoms with Crippen molar-refractivity contribution in [2.75, 3.05) is 0 Å². The maximum absolute atomic E-state index is 13.4. The van der Waals surface area contributed by atoms with Crippen LogP contribution in [0.5, 0.6) is 0 Å². The van der Waals surface area contributed by atoms with Crippen LogP contribution in [-0.4, -0.2) is 16.5 Å². The molecule has 0 aliphatic heterocycles. The Morgan fingerprint density at radius 1 is 1.18 bits per heavy atom. The molecule has 0 saturated carbocycles. The Morgan fingerprint density at radius 2 is 1.82 bits per heavy atom. The average Bonchev–Trinajstić information content (AvgIpc) is 2.52. The van der Waals surface area contributed by atoms with E-state index in [0.29, 0.717) is 11.3 Å². The number of benzene rings is 2. The van der Waals surface area contributed by atoms with Crippen LogP contribution in [0.3, 0.4) is 0 Å². The van der Waals surface area contributed by atoms with Crippen LogP contribution in [0.1, 0.15) is 22.8 Å². The van der Waals surface area contributed by atoms with Gasteiger partial charge in [-0.25, -0.2) is 9.82 Å². The van der Waals surface area contributed by atoms with Crippen molar-refractivity contribution in [3.63, 3.8) is 0 Å². The van der Waals surface area contributed by atoms with Gasteiger partial charge in [0.05, 0.1) is 16.2 Å². The van der Waals surface area contributed by atoms with Gasteiger partial charge in [0.15, 0.2) is 0 Å². The number of hydrogen-bond acceptors (Lipinski definition) is 4. The number of hydrogen-bond donors (Lipinski definition) is 1. The number of hydrazone groups is 1. The van der Waals surface area contributed by atoms with Crippen molar-refractivity contribution in [2.24, 2.45) is 5.10 Å².